The normalized spacial score (nSPS) is 14.1. The van der Waals surface area contributed by atoms with Crippen LogP contribution in [0.5, 0.6) is 0 Å². The second-order valence-electron chi connectivity index (χ2n) is 8.27. The van der Waals surface area contributed by atoms with Crippen molar-refractivity contribution < 1.29 is 14.4 Å². The molecule has 1 aliphatic heterocycles. The number of aryl methyl sites for hydroxylation is 1. The molecule has 0 aliphatic carbocycles. The SMILES string of the molecule is CC1=CC(=O)N(Nc2nc(-c3cccs3)nc3sc(-c4ccc(C(C)C(N)=O)cc4)c(C)c23)C1=O.Cl. The van der Waals surface area contributed by atoms with E-state index in [0.29, 0.717) is 17.2 Å². The molecule has 184 valence electrons. The molecule has 0 spiro atoms. The molecule has 1 atom stereocenters. The van der Waals surface area contributed by atoms with Gasteiger partial charge in [-0.15, -0.1) is 35.1 Å². The number of hydrogen-bond acceptors (Lipinski definition) is 8. The average molecular weight is 540 g/mol. The van der Waals surface area contributed by atoms with Gasteiger partial charge in [0.15, 0.2) is 11.6 Å². The zero-order chi connectivity index (χ0) is 24.9. The van der Waals surface area contributed by atoms with Gasteiger partial charge in [0, 0.05) is 16.5 Å². The Bertz CT molecular complexity index is 1530. The van der Waals surface area contributed by atoms with E-state index < -0.39 is 11.8 Å². The molecule has 4 heterocycles. The second-order valence-corrected chi connectivity index (χ2v) is 10.2. The Labute approximate surface area is 221 Å². The largest absolute Gasteiger partial charge is 0.369 e. The van der Waals surface area contributed by atoms with Crippen LogP contribution in [0.3, 0.4) is 0 Å². The zero-order valence-corrected chi connectivity index (χ0v) is 22.0. The quantitative estimate of drug-likeness (QED) is 0.331. The van der Waals surface area contributed by atoms with Crippen molar-refractivity contribution in [3.05, 3.63) is 64.6 Å². The van der Waals surface area contributed by atoms with Gasteiger partial charge in [-0.25, -0.2) is 9.97 Å². The minimum absolute atomic E-state index is 0. The number of carbonyl (C=O) groups is 3. The summed E-state index contributed by atoms with van der Waals surface area (Å²) in [6.07, 6.45) is 1.30. The molecule has 11 heteroatoms. The number of nitrogens with zero attached hydrogens (tertiary/aromatic N) is 3. The number of halogens is 1. The lowest BCUT2D eigenvalue weighted by molar-refractivity contribution is -0.135. The van der Waals surface area contributed by atoms with Gasteiger partial charge in [0.25, 0.3) is 11.8 Å². The van der Waals surface area contributed by atoms with E-state index in [-0.39, 0.29) is 24.2 Å². The Balaban J connectivity index is 0.00000304. The molecule has 0 bridgehead atoms. The highest BCUT2D eigenvalue weighted by Gasteiger charge is 2.30. The molecule has 0 fully saturated rings. The molecule has 1 aliphatic rings. The van der Waals surface area contributed by atoms with Crippen molar-refractivity contribution in [2.24, 2.45) is 5.73 Å². The van der Waals surface area contributed by atoms with Crippen LogP contribution in [-0.2, 0) is 14.4 Å². The zero-order valence-electron chi connectivity index (χ0n) is 19.6. The van der Waals surface area contributed by atoms with E-state index in [1.807, 2.05) is 48.7 Å². The summed E-state index contributed by atoms with van der Waals surface area (Å²) < 4.78 is 0. The van der Waals surface area contributed by atoms with Crippen molar-refractivity contribution in [3.63, 3.8) is 0 Å². The molecule has 0 radical (unpaired) electrons. The monoisotopic (exact) mass is 539 g/mol. The first kappa shape index (κ1) is 25.5. The summed E-state index contributed by atoms with van der Waals surface area (Å²) in [7, 11) is 0. The maximum absolute atomic E-state index is 12.5. The van der Waals surface area contributed by atoms with Crippen LogP contribution in [0.4, 0.5) is 5.82 Å². The topological polar surface area (TPSA) is 118 Å². The van der Waals surface area contributed by atoms with E-state index in [9.17, 15) is 14.4 Å². The average Bonchev–Trinajstić information content (AvgIpc) is 3.55. The maximum atomic E-state index is 12.5. The summed E-state index contributed by atoms with van der Waals surface area (Å²) in [6.45, 7) is 5.34. The molecule has 0 saturated heterocycles. The van der Waals surface area contributed by atoms with Crippen molar-refractivity contribution in [2.45, 2.75) is 26.7 Å². The highest BCUT2D eigenvalue weighted by Crippen LogP contribution is 2.41. The van der Waals surface area contributed by atoms with Crippen molar-refractivity contribution in [2.75, 3.05) is 5.43 Å². The lowest BCUT2D eigenvalue weighted by atomic mass is 9.98. The number of carbonyl (C=O) groups excluding carboxylic acids is 3. The third kappa shape index (κ3) is 4.39. The highest BCUT2D eigenvalue weighted by molar-refractivity contribution is 7.22. The number of anilines is 1. The highest BCUT2D eigenvalue weighted by atomic mass is 35.5. The lowest BCUT2D eigenvalue weighted by Crippen LogP contribution is -2.36. The van der Waals surface area contributed by atoms with Crippen molar-refractivity contribution in [1.29, 1.82) is 0 Å². The van der Waals surface area contributed by atoms with Gasteiger partial charge in [0.05, 0.1) is 16.2 Å². The predicted octanol–water partition coefficient (Wildman–Crippen LogP) is 5.05. The summed E-state index contributed by atoms with van der Waals surface area (Å²) in [5.41, 5.74) is 11.5. The minimum Gasteiger partial charge on any atom is -0.369 e. The molecular formula is C25H22ClN5O3S2. The number of nitrogens with one attached hydrogen (secondary N) is 1. The van der Waals surface area contributed by atoms with Gasteiger partial charge in [-0.3, -0.25) is 19.8 Å². The van der Waals surface area contributed by atoms with Gasteiger partial charge >= 0.3 is 0 Å². The number of benzene rings is 1. The van der Waals surface area contributed by atoms with Gasteiger partial charge in [0.2, 0.25) is 5.91 Å². The predicted molar refractivity (Wildman–Crippen MR) is 145 cm³/mol. The Kier molecular flexibility index (Phi) is 6.94. The van der Waals surface area contributed by atoms with Crippen molar-refractivity contribution in [3.8, 4) is 21.1 Å². The lowest BCUT2D eigenvalue weighted by Gasteiger charge is -2.17. The maximum Gasteiger partial charge on any atom is 0.275 e. The van der Waals surface area contributed by atoms with Crippen LogP contribution < -0.4 is 11.2 Å². The molecule has 3 amide bonds. The van der Waals surface area contributed by atoms with E-state index >= 15 is 0 Å². The molecule has 5 rings (SSSR count). The molecule has 8 nitrogen and oxygen atoms in total. The van der Waals surface area contributed by atoms with Crippen LogP contribution in [0.25, 0.3) is 31.4 Å². The summed E-state index contributed by atoms with van der Waals surface area (Å²) in [4.78, 5) is 48.5. The van der Waals surface area contributed by atoms with Crippen LogP contribution in [0.1, 0.15) is 30.9 Å². The van der Waals surface area contributed by atoms with Gasteiger partial charge in [0.1, 0.15) is 4.83 Å². The number of imide groups is 1. The number of aromatic nitrogens is 2. The van der Waals surface area contributed by atoms with E-state index in [1.165, 1.54) is 28.7 Å². The van der Waals surface area contributed by atoms with Crippen molar-refractivity contribution in [1.82, 2.24) is 15.0 Å². The number of nitrogens with two attached hydrogens (primary N) is 1. The molecule has 1 aromatic carbocycles. The number of fused-ring (bicyclic) bond motifs is 1. The number of primary amides is 1. The number of amides is 3. The van der Waals surface area contributed by atoms with Gasteiger partial charge < -0.3 is 5.73 Å². The first-order valence-corrected chi connectivity index (χ1v) is 12.5. The summed E-state index contributed by atoms with van der Waals surface area (Å²) >= 11 is 3.01. The Morgan fingerprint density at radius 3 is 2.42 bits per heavy atom. The van der Waals surface area contributed by atoms with Crippen LogP contribution >= 0.6 is 35.1 Å². The number of hydrazine groups is 1. The summed E-state index contributed by atoms with van der Waals surface area (Å²) in [5, 5.41) is 3.66. The number of thiophene rings is 2. The molecular weight excluding hydrogens is 518 g/mol. The second kappa shape index (κ2) is 9.81. The van der Waals surface area contributed by atoms with Crippen LogP contribution in [0, 0.1) is 6.92 Å². The minimum atomic E-state index is -0.441. The van der Waals surface area contributed by atoms with Crippen LogP contribution in [0.15, 0.2) is 53.4 Å². The molecule has 1 unspecified atom stereocenters. The van der Waals surface area contributed by atoms with Crippen molar-refractivity contribution >= 4 is 68.8 Å². The van der Waals surface area contributed by atoms with Gasteiger partial charge in [-0.05, 0) is 48.9 Å². The van der Waals surface area contributed by atoms with Gasteiger partial charge in [-0.1, -0.05) is 30.3 Å². The molecule has 36 heavy (non-hydrogen) atoms. The summed E-state index contributed by atoms with van der Waals surface area (Å²) in [6, 6.07) is 11.5. The number of hydrogen-bond donors (Lipinski definition) is 2. The fourth-order valence-corrected chi connectivity index (χ4v) is 5.74. The third-order valence-corrected chi connectivity index (χ3v) is 8.05. The molecule has 3 aromatic heterocycles. The van der Waals surface area contributed by atoms with E-state index in [2.05, 4.69) is 5.43 Å². The fraction of sp³-hybridized carbons (Fsp3) is 0.160. The van der Waals surface area contributed by atoms with Gasteiger partial charge in [-0.2, -0.15) is 5.01 Å². The standard InChI is InChI=1S/C25H21N5O3S2.ClH/c1-12-11-18(31)30(25(12)33)29-23-19-14(3)20(16-8-6-15(7-9-16)13(2)21(26)32)35-24(19)28-22(27-23)17-5-4-10-34-17;/h4-11,13H,1-3H3,(H2,26,32)(H,27,28,29);1H. The van der Waals surface area contributed by atoms with E-state index in [4.69, 9.17) is 15.7 Å². The third-order valence-electron chi connectivity index (χ3n) is 5.95. The van der Waals surface area contributed by atoms with E-state index in [1.54, 1.807) is 13.8 Å². The summed E-state index contributed by atoms with van der Waals surface area (Å²) in [5.74, 6) is -0.705. The fourth-order valence-electron chi connectivity index (χ4n) is 3.90. The molecule has 3 N–H and O–H groups in total. The first-order chi connectivity index (χ1) is 16.7. The van der Waals surface area contributed by atoms with E-state index in [0.717, 1.165) is 41.7 Å². The number of rotatable bonds is 6. The van der Waals surface area contributed by atoms with Crippen LogP contribution in [0.2, 0.25) is 0 Å². The molecule has 0 saturated carbocycles. The van der Waals surface area contributed by atoms with Crippen LogP contribution in [-0.4, -0.2) is 32.7 Å². The first-order valence-electron chi connectivity index (χ1n) is 10.8. The Morgan fingerprint density at radius 2 is 1.83 bits per heavy atom. The smallest absolute Gasteiger partial charge is 0.275 e. The Hall–Kier alpha value is -3.60. The molecule has 4 aromatic rings. The Morgan fingerprint density at radius 1 is 1.11 bits per heavy atom.